The van der Waals surface area contributed by atoms with Gasteiger partial charge in [0.15, 0.2) is 6.10 Å². The van der Waals surface area contributed by atoms with Gasteiger partial charge >= 0.3 is 11.9 Å². The molecule has 0 N–H and O–H groups in total. The van der Waals surface area contributed by atoms with Gasteiger partial charge < -0.3 is 27.9 Å². The molecule has 0 radical (unpaired) electrons. The first-order valence-corrected chi connectivity index (χ1v) is 22.7. The lowest BCUT2D eigenvalue weighted by Gasteiger charge is -2.28. The Hall–Kier alpha value is -1.77. The molecule has 0 aromatic heterocycles. The summed E-state index contributed by atoms with van der Waals surface area (Å²) in [5.41, 5.74) is 0. The molecule has 0 aliphatic heterocycles. The van der Waals surface area contributed by atoms with Crippen LogP contribution in [0.3, 0.4) is 0 Å². The maximum Gasteiger partial charge on any atom is 0.306 e. The van der Waals surface area contributed by atoms with E-state index in [1.807, 2.05) is 21.1 Å². The topological polar surface area (TPSA) is 111 Å². The van der Waals surface area contributed by atoms with Crippen LogP contribution in [-0.4, -0.2) is 70.0 Å². The highest BCUT2D eigenvalue weighted by Crippen LogP contribution is 2.38. The van der Waals surface area contributed by atoms with Gasteiger partial charge in [-0.3, -0.25) is 14.2 Å². The summed E-state index contributed by atoms with van der Waals surface area (Å²) in [4.78, 5) is 37.4. The molecule has 310 valence electrons. The second-order valence-electron chi connectivity index (χ2n) is 15.3. The second-order valence-corrected chi connectivity index (χ2v) is 16.8. The number of allylic oxidation sites excluding steroid dienone is 6. The standard InChI is InChI=1S/C43H80NO8P/c1-6-8-10-12-14-16-18-20-21-22-23-24-26-27-29-31-33-35-42(45)49-39-41(40-51-53(47,48)50-38-37-44(3,4)5)52-43(46)36-34-32-30-28-25-19-17-15-13-11-9-7-2/h14-17,20-21,41H,6-13,18-19,22-40H2,1-5H3/b16-14-,17-15-,21-20-/t41-/m1/s1. The number of carbonyl (C=O) groups excluding carboxylic acids is 2. The average Bonchev–Trinajstić information content (AvgIpc) is 3.10. The number of ether oxygens (including phenoxy) is 2. The molecule has 10 heteroatoms. The summed E-state index contributed by atoms with van der Waals surface area (Å²) in [5, 5.41) is 0. The van der Waals surface area contributed by atoms with Gasteiger partial charge in [-0.05, 0) is 70.6 Å². The second kappa shape index (κ2) is 35.9. The van der Waals surface area contributed by atoms with Crippen LogP contribution in [0, 0.1) is 0 Å². The number of quaternary nitrogens is 1. The van der Waals surface area contributed by atoms with Crippen LogP contribution in [-0.2, 0) is 32.7 Å². The zero-order valence-corrected chi connectivity index (χ0v) is 35.6. The SMILES string of the molecule is CCCCC/C=C\C/C=C\CCCCCCCCCC(=O)OC[C@H](COP(=O)([O-])OCC[N+](C)(C)C)OC(=O)CCCCCCC/C=C\CCCCC. The molecule has 1 unspecified atom stereocenters. The lowest BCUT2D eigenvalue weighted by molar-refractivity contribution is -0.870. The normalized spacial score (nSPS) is 14.0. The van der Waals surface area contributed by atoms with Crippen molar-refractivity contribution in [2.24, 2.45) is 0 Å². The first-order valence-electron chi connectivity index (χ1n) is 21.2. The van der Waals surface area contributed by atoms with E-state index < -0.39 is 32.5 Å². The van der Waals surface area contributed by atoms with Gasteiger partial charge in [-0.15, -0.1) is 0 Å². The number of unbranched alkanes of at least 4 members (excludes halogenated alkanes) is 18. The highest BCUT2D eigenvalue weighted by Gasteiger charge is 2.21. The van der Waals surface area contributed by atoms with Crippen molar-refractivity contribution in [2.75, 3.05) is 47.5 Å². The molecule has 0 spiro atoms. The van der Waals surface area contributed by atoms with Crippen molar-refractivity contribution in [3.05, 3.63) is 36.5 Å². The maximum absolute atomic E-state index is 12.6. The first-order chi connectivity index (χ1) is 25.5. The van der Waals surface area contributed by atoms with E-state index >= 15 is 0 Å². The molecule has 0 aliphatic rings. The molecule has 0 saturated carbocycles. The maximum atomic E-state index is 12.6. The van der Waals surface area contributed by atoms with E-state index in [2.05, 4.69) is 50.3 Å². The van der Waals surface area contributed by atoms with Crippen LogP contribution in [0.4, 0.5) is 0 Å². The minimum absolute atomic E-state index is 0.0341. The van der Waals surface area contributed by atoms with Crippen LogP contribution >= 0.6 is 7.82 Å². The summed E-state index contributed by atoms with van der Waals surface area (Å²) in [7, 11) is 1.15. The van der Waals surface area contributed by atoms with Crippen LogP contribution in [0.5, 0.6) is 0 Å². The molecule has 0 aromatic rings. The number of hydrogen-bond acceptors (Lipinski definition) is 8. The Bertz CT molecular complexity index is 1010. The number of carbonyl (C=O) groups is 2. The van der Waals surface area contributed by atoms with E-state index in [0.717, 1.165) is 77.0 Å². The van der Waals surface area contributed by atoms with Crippen LogP contribution in [0.15, 0.2) is 36.5 Å². The molecule has 53 heavy (non-hydrogen) atoms. The van der Waals surface area contributed by atoms with E-state index in [1.165, 1.54) is 64.2 Å². The van der Waals surface area contributed by atoms with Gasteiger partial charge in [-0.1, -0.05) is 127 Å². The number of phosphoric ester groups is 1. The van der Waals surface area contributed by atoms with Gasteiger partial charge in [0, 0.05) is 12.8 Å². The molecule has 0 aromatic carbocycles. The lowest BCUT2D eigenvalue weighted by atomic mass is 10.1. The number of esters is 2. The van der Waals surface area contributed by atoms with Crippen molar-refractivity contribution in [2.45, 2.75) is 180 Å². The van der Waals surface area contributed by atoms with Crippen molar-refractivity contribution >= 4 is 19.8 Å². The summed E-state index contributed by atoms with van der Waals surface area (Å²) in [6, 6.07) is 0. The minimum Gasteiger partial charge on any atom is -0.756 e. The van der Waals surface area contributed by atoms with Crippen LogP contribution in [0.2, 0.25) is 0 Å². The van der Waals surface area contributed by atoms with Gasteiger partial charge in [-0.25, -0.2) is 0 Å². The quantitative estimate of drug-likeness (QED) is 0.0201. The van der Waals surface area contributed by atoms with Crippen molar-refractivity contribution in [3.63, 3.8) is 0 Å². The summed E-state index contributed by atoms with van der Waals surface area (Å²) in [5.74, 6) is -0.855. The van der Waals surface area contributed by atoms with Crippen molar-refractivity contribution < 1.29 is 42.1 Å². The Morgan fingerprint density at radius 2 is 1.02 bits per heavy atom. The van der Waals surface area contributed by atoms with E-state index in [9.17, 15) is 19.0 Å². The molecule has 9 nitrogen and oxygen atoms in total. The number of hydrogen-bond donors (Lipinski definition) is 0. The molecule has 0 aliphatic carbocycles. The van der Waals surface area contributed by atoms with Gasteiger partial charge in [0.2, 0.25) is 0 Å². The monoisotopic (exact) mass is 770 g/mol. The molecule has 0 heterocycles. The summed E-state index contributed by atoms with van der Waals surface area (Å²) in [6.07, 6.45) is 38.8. The smallest absolute Gasteiger partial charge is 0.306 e. The van der Waals surface area contributed by atoms with Crippen molar-refractivity contribution in [1.82, 2.24) is 0 Å². The van der Waals surface area contributed by atoms with Crippen molar-refractivity contribution in [3.8, 4) is 0 Å². The molecule has 0 rings (SSSR count). The van der Waals surface area contributed by atoms with Gasteiger partial charge in [0.25, 0.3) is 7.82 Å². The zero-order chi connectivity index (χ0) is 39.3. The first kappa shape index (κ1) is 51.2. The minimum atomic E-state index is -4.62. The Morgan fingerprint density at radius 3 is 1.51 bits per heavy atom. The fourth-order valence-corrected chi connectivity index (χ4v) is 6.23. The predicted octanol–water partition coefficient (Wildman–Crippen LogP) is 11.1. The molecule has 0 amide bonds. The third kappa shape index (κ3) is 39.7. The third-order valence-corrected chi connectivity index (χ3v) is 9.85. The fraction of sp³-hybridized carbons (Fsp3) is 0.814. The highest BCUT2D eigenvalue weighted by molar-refractivity contribution is 7.45. The van der Waals surface area contributed by atoms with Crippen LogP contribution < -0.4 is 4.89 Å². The highest BCUT2D eigenvalue weighted by atomic mass is 31.2. The average molecular weight is 770 g/mol. The van der Waals surface area contributed by atoms with Gasteiger partial charge in [0.1, 0.15) is 19.8 Å². The summed E-state index contributed by atoms with van der Waals surface area (Å²) < 4.78 is 33.8. The molecule has 0 fully saturated rings. The molecular formula is C43H80NO8P. The lowest BCUT2D eigenvalue weighted by Crippen LogP contribution is -2.37. The van der Waals surface area contributed by atoms with E-state index in [-0.39, 0.29) is 26.1 Å². The Kier molecular flexibility index (Phi) is 34.7. The largest absolute Gasteiger partial charge is 0.756 e. The van der Waals surface area contributed by atoms with Gasteiger partial charge in [0.05, 0.1) is 27.7 Å². The number of rotatable bonds is 38. The van der Waals surface area contributed by atoms with E-state index in [4.69, 9.17) is 18.5 Å². The van der Waals surface area contributed by atoms with Gasteiger partial charge in [-0.2, -0.15) is 0 Å². The summed E-state index contributed by atoms with van der Waals surface area (Å²) in [6.45, 7) is 4.15. The Morgan fingerprint density at radius 1 is 0.585 bits per heavy atom. The zero-order valence-electron chi connectivity index (χ0n) is 34.7. The number of phosphoric acid groups is 1. The number of likely N-dealkylation sites (N-methyl/N-ethyl adjacent to an activating group) is 1. The van der Waals surface area contributed by atoms with Crippen LogP contribution in [0.1, 0.15) is 174 Å². The predicted molar refractivity (Wildman–Crippen MR) is 217 cm³/mol. The third-order valence-electron chi connectivity index (χ3n) is 8.88. The van der Waals surface area contributed by atoms with E-state index in [0.29, 0.717) is 17.4 Å². The summed E-state index contributed by atoms with van der Waals surface area (Å²) >= 11 is 0. The molecule has 0 saturated heterocycles. The Balaban J connectivity index is 4.38. The fourth-order valence-electron chi connectivity index (χ4n) is 5.50. The molecular weight excluding hydrogens is 689 g/mol. The molecule has 2 atom stereocenters. The Labute approximate surface area is 325 Å². The molecule has 0 bridgehead atoms. The van der Waals surface area contributed by atoms with Crippen LogP contribution in [0.25, 0.3) is 0 Å². The number of nitrogens with zero attached hydrogens (tertiary/aromatic N) is 1. The van der Waals surface area contributed by atoms with E-state index in [1.54, 1.807) is 0 Å². The van der Waals surface area contributed by atoms with Crippen molar-refractivity contribution in [1.29, 1.82) is 0 Å².